The van der Waals surface area contributed by atoms with Crippen molar-refractivity contribution in [3.8, 4) is 5.75 Å². The third kappa shape index (κ3) is 2.82. The molecule has 0 fully saturated rings. The van der Waals surface area contributed by atoms with Gasteiger partial charge in [-0.3, -0.25) is 4.98 Å². The first-order chi connectivity index (χ1) is 8.66. The first-order valence-electron chi connectivity index (χ1n) is 5.22. The lowest BCUT2D eigenvalue weighted by Gasteiger charge is -2.07. The largest absolute Gasteiger partial charge is 0.487 e. The van der Waals surface area contributed by atoms with Gasteiger partial charge in [0, 0.05) is 12.3 Å². The molecule has 2 rings (SSSR count). The Kier molecular flexibility index (Phi) is 3.52. The van der Waals surface area contributed by atoms with E-state index >= 15 is 0 Å². The van der Waals surface area contributed by atoms with Crippen molar-refractivity contribution in [1.82, 2.24) is 4.98 Å². The van der Waals surface area contributed by atoms with Crippen molar-refractivity contribution in [2.75, 3.05) is 0 Å². The van der Waals surface area contributed by atoms with Crippen LogP contribution in [0.1, 0.15) is 16.1 Å². The van der Waals surface area contributed by atoms with Crippen LogP contribution >= 0.6 is 0 Å². The molecule has 0 saturated heterocycles. The van der Waals surface area contributed by atoms with Gasteiger partial charge in [0.15, 0.2) is 0 Å². The molecule has 5 heteroatoms. The Morgan fingerprint density at radius 1 is 1.33 bits per heavy atom. The van der Waals surface area contributed by atoms with Gasteiger partial charge in [-0.2, -0.15) is 0 Å². The number of hydrogen-bond donors (Lipinski definition) is 1. The van der Waals surface area contributed by atoms with E-state index in [0.29, 0.717) is 11.4 Å². The van der Waals surface area contributed by atoms with Crippen LogP contribution in [-0.4, -0.2) is 16.1 Å². The summed E-state index contributed by atoms with van der Waals surface area (Å²) >= 11 is 0. The Morgan fingerprint density at radius 3 is 2.89 bits per heavy atom. The van der Waals surface area contributed by atoms with Crippen molar-refractivity contribution >= 4 is 5.97 Å². The van der Waals surface area contributed by atoms with Gasteiger partial charge in [-0.25, -0.2) is 9.18 Å². The molecular formula is C13H10FNO3. The summed E-state index contributed by atoms with van der Waals surface area (Å²) in [6.45, 7) is -0.0219. The first kappa shape index (κ1) is 12.0. The zero-order chi connectivity index (χ0) is 13.0. The van der Waals surface area contributed by atoms with E-state index < -0.39 is 11.8 Å². The molecule has 0 unspecified atom stereocenters. The van der Waals surface area contributed by atoms with Crippen molar-refractivity contribution in [3.63, 3.8) is 0 Å². The zero-order valence-corrected chi connectivity index (χ0v) is 9.34. The second-order valence-corrected chi connectivity index (χ2v) is 3.55. The lowest BCUT2D eigenvalue weighted by Crippen LogP contribution is -2.07. The van der Waals surface area contributed by atoms with Gasteiger partial charge in [-0.15, -0.1) is 0 Å². The smallest absolute Gasteiger partial charge is 0.337 e. The van der Waals surface area contributed by atoms with E-state index in [9.17, 15) is 9.18 Å². The fourth-order valence-electron chi connectivity index (χ4n) is 1.46. The van der Waals surface area contributed by atoms with Gasteiger partial charge in [0.2, 0.25) is 0 Å². The van der Waals surface area contributed by atoms with Crippen molar-refractivity contribution in [2.45, 2.75) is 6.61 Å². The van der Waals surface area contributed by atoms with Crippen LogP contribution in [0.3, 0.4) is 0 Å². The number of benzene rings is 1. The molecule has 1 heterocycles. The van der Waals surface area contributed by atoms with Gasteiger partial charge in [0.1, 0.15) is 18.2 Å². The van der Waals surface area contributed by atoms with Crippen LogP contribution in [0, 0.1) is 5.82 Å². The van der Waals surface area contributed by atoms with E-state index in [2.05, 4.69) is 4.98 Å². The van der Waals surface area contributed by atoms with Gasteiger partial charge in [0.05, 0.1) is 11.3 Å². The fraction of sp³-hybridized carbons (Fsp3) is 0.0769. The molecule has 92 valence electrons. The van der Waals surface area contributed by atoms with E-state index in [1.165, 1.54) is 36.5 Å². The maximum atomic E-state index is 12.9. The Bertz CT molecular complexity index is 572. The van der Waals surface area contributed by atoms with Crippen LogP contribution in [0.2, 0.25) is 0 Å². The number of carbonyl (C=O) groups is 1. The maximum Gasteiger partial charge on any atom is 0.337 e. The first-order valence-corrected chi connectivity index (χ1v) is 5.22. The molecular weight excluding hydrogens is 237 g/mol. The molecule has 0 aliphatic carbocycles. The minimum atomic E-state index is -1.07. The lowest BCUT2D eigenvalue weighted by molar-refractivity contribution is 0.0693. The molecule has 1 aromatic heterocycles. The fourth-order valence-corrected chi connectivity index (χ4v) is 1.46. The van der Waals surface area contributed by atoms with E-state index in [-0.39, 0.29) is 12.2 Å². The summed E-state index contributed by atoms with van der Waals surface area (Å²) in [7, 11) is 0. The molecule has 0 atom stereocenters. The van der Waals surface area contributed by atoms with E-state index in [1.54, 1.807) is 6.07 Å². The molecule has 2 aromatic rings. The number of ether oxygens (including phenoxy) is 1. The lowest BCUT2D eigenvalue weighted by atomic mass is 10.2. The average Bonchev–Trinajstić information content (AvgIpc) is 2.37. The third-order valence-electron chi connectivity index (χ3n) is 2.29. The molecule has 0 radical (unpaired) electrons. The number of carboxylic acids is 1. The Morgan fingerprint density at radius 2 is 2.17 bits per heavy atom. The second-order valence-electron chi connectivity index (χ2n) is 3.55. The SMILES string of the molecule is O=C(O)c1cccnc1COc1cccc(F)c1. The van der Waals surface area contributed by atoms with Gasteiger partial charge in [-0.05, 0) is 24.3 Å². The maximum absolute atomic E-state index is 12.9. The molecule has 18 heavy (non-hydrogen) atoms. The predicted molar refractivity (Wildman–Crippen MR) is 61.9 cm³/mol. The molecule has 0 aliphatic heterocycles. The number of carboxylic acid groups (broad SMARTS) is 1. The number of nitrogens with zero attached hydrogens (tertiary/aromatic N) is 1. The Balaban J connectivity index is 2.13. The molecule has 0 spiro atoms. The summed E-state index contributed by atoms with van der Waals surface area (Å²) in [4.78, 5) is 14.9. The average molecular weight is 247 g/mol. The molecule has 0 saturated carbocycles. The number of hydrogen-bond acceptors (Lipinski definition) is 3. The number of aromatic nitrogens is 1. The molecule has 4 nitrogen and oxygen atoms in total. The zero-order valence-electron chi connectivity index (χ0n) is 9.34. The van der Waals surface area contributed by atoms with Gasteiger partial charge < -0.3 is 9.84 Å². The van der Waals surface area contributed by atoms with E-state index in [0.717, 1.165) is 0 Å². The number of halogens is 1. The summed E-state index contributed by atoms with van der Waals surface area (Å²) in [5, 5.41) is 8.95. The molecule has 1 aromatic carbocycles. The summed E-state index contributed by atoms with van der Waals surface area (Å²) in [5.74, 6) is -1.15. The summed E-state index contributed by atoms with van der Waals surface area (Å²) in [6.07, 6.45) is 1.48. The highest BCUT2D eigenvalue weighted by Gasteiger charge is 2.10. The van der Waals surface area contributed by atoms with Crippen LogP contribution in [-0.2, 0) is 6.61 Å². The van der Waals surface area contributed by atoms with E-state index in [1.807, 2.05) is 0 Å². The standard InChI is InChI=1S/C13H10FNO3/c14-9-3-1-4-10(7-9)18-8-12-11(13(16)17)5-2-6-15-12/h1-7H,8H2,(H,16,17). The molecule has 0 aliphatic rings. The van der Waals surface area contributed by atoms with Crippen molar-refractivity contribution in [3.05, 3.63) is 59.7 Å². The van der Waals surface area contributed by atoms with Gasteiger partial charge in [0.25, 0.3) is 0 Å². The molecule has 0 bridgehead atoms. The van der Waals surface area contributed by atoms with Crippen molar-refractivity contribution < 1.29 is 19.0 Å². The van der Waals surface area contributed by atoms with Crippen molar-refractivity contribution in [2.24, 2.45) is 0 Å². The van der Waals surface area contributed by atoms with Crippen molar-refractivity contribution in [1.29, 1.82) is 0 Å². The number of pyridine rings is 1. The Hall–Kier alpha value is -2.43. The van der Waals surface area contributed by atoms with Gasteiger partial charge >= 0.3 is 5.97 Å². The van der Waals surface area contributed by atoms with Crippen LogP contribution in [0.4, 0.5) is 4.39 Å². The van der Waals surface area contributed by atoms with E-state index in [4.69, 9.17) is 9.84 Å². The van der Waals surface area contributed by atoms with Crippen LogP contribution in [0.25, 0.3) is 0 Å². The van der Waals surface area contributed by atoms with Crippen LogP contribution in [0.15, 0.2) is 42.6 Å². The highest BCUT2D eigenvalue weighted by atomic mass is 19.1. The quantitative estimate of drug-likeness (QED) is 0.901. The van der Waals surface area contributed by atoms with Gasteiger partial charge in [-0.1, -0.05) is 6.07 Å². The normalized spacial score (nSPS) is 10.1. The van der Waals surface area contributed by atoms with Crippen LogP contribution in [0.5, 0.6) is 5.75 Å². The second kappa shape index (κ2) is 5.27. The minimum absolute atomic E-state index is 0.0219. The highest BCUT2D eigenvalue weighted by molar-refractivity contribution is 5.88. The predicted octanol–water partition coefficient (Wildman–Crippen LogP) is 2.50. The highest BCUT2D eigenvalue weighted by Crippen LogP contribution is 2.15. The summed E-state index contributed by atoms with van der Waals surface area (Å²) in [6, 6.07) is 8.61. The van der Waals surface area contributed by atoms with Crippen LogP contribution < -0.4 is 4.74 Å². The number of rotatable bonds is 4. The topological polar surface area (TPSA) is 59.4 Å². The summed E-state index contributed by atoms with van der Waals surface area (Å²) < 4.78 is 18.2. The number of aromatic carboxylic acids is 1. The molecule has 1 N–H and O–H groups in total. The molecule has 0 amide bonds. The monoisotopic (exact) mass is 247 g/mol. The minimum Gasteiger partial charge on any atom is -0.487 e. The summed E-state index contributed by atoms with van der Waals surface area (Å²) in [5.41, 5.74) is 0.378. The Labute approximate surface area is 103 Å². The third-order valence-corrected chi connectivity index (χ3v) is 2.29.